The van der Waals surface area contributed by atoms with Crippen LogP contribution in [0, 0.1) is 0 Å². The Hall–Kier alpha value is -1.65. The third-order valence-electron chi connectivity index (χ3n) is 4.60. The summed E-state index contributed by atoms with van der Waals surface area (Å²) in [7, 11) is 0. The zero-order valence-electron chi connectivity index (χ0n) is 14.5. The number of hydrogen-bond acceptors (Lipinski definition) is 3. The number of aromatic nitrogens is 2. The summed E-state index contributed by atoms with van der Waals surface area (Å²) < 4.78 is 1.98. The van der Waals surface area contributed by atoms with E-state index in [0.717, 1.165) is 18.7 Å². The monoisotopic (exact) mass is 312 g/mol. The van der Waals surface area contributed by atoms with E-state index in [4.69, 9.17) is 0 Å². The summed E-state index contributed by atoms with van der Waals surface area (Å²) in [6.45, 7) is 10.1. The SMILES string of the molecule is CC(C)NCc1ccc(-n2cc(CC(C)N3CCC3)cn2)cc1. The molecule has 0 saturated carbocycles. The summed E-state index contributed by atoms with van der Waals surface area (Å²) in [6, 6.07) is 9.77. The van der Waals surface area contributed by atoms with Crippen LogP contribution in [0.15, 0.2) is 36.7 Å². The van der Waals surface area contributed by atoms with Crippen molar-refractivity contribution in [2.75, 3.05) is 13.1 Å². The standard InChI is InChI=1S/C19H28N4/c1-15(2)20-12-17-5-7-19(8-6-17)23-14-18(13-21-23)11-16(3)22-9-4-10-22/h5-8,13-16,20H,4,9-12H2,1-3H3. The van der Waals surface area contributed by atoms with Crippen molar-refractivity contribution in [3.63, 3.8) is 0 Å². The Morgan fingerprint density at radius 2 is 1.83 bits per heavy atom. The lowest BCUT2D eigenvalue weighted by Crippen LogP contribution is -2.44. The fourth-order valence-electron chi connectivity index (χ4n) is 2.95. The zero-order chi connectivity index (χ0) is 16.2. The molecule has 124 valence electrons. The first-order chi connectivity index (χ1) is 11.1. The van der Waals surface area contributed by atoms with Crippen molar-refractivity contribution in [1.29, 1.82) is 0 Å². The first-order valence-electron chi connectivity index (χ1n) is 8.72. The average molecular weight is 312 g/mol. The summed E-state index contributed by atoms with van der Waals surface area (Å²) in [6.07, 6.45) is 6.60. The summed E-state index contributed by atoms with van der Waals surface area (Å²) >= 11 is 0. The minimum absolute atomic E-state index is 0.511. The summed E-state index contributed by atoms with van der Waals surface area (Å²) in [4.78, 5) is 2.54. The molecule has 23 heavy (non-hydrogen) atoms. The number of likely N-dealkylation sites (tertiary alicyclic amines) is 1. The van der Waals surface area contributed by atoms with Crippen LogP contribution in [0.5, 0.6) is 0 Å². The lowest BCUT2D eigenvalue weighted by molar-refractivity contribution is 0.128. The Morgan fingerprint density at radius 3 is 2.43 bits per heavy atom. The van der Waals surface area contributed by atoms with Gasteiger partial charge in [-0.15, -0.1) is 0 Å². The molecule has 1 atom stereocenters. The van der Waals surface area contributed by atoms with Gasteiger partial charge in [0.1, 0.15) is 0 Å². The molecule has 1 unspecified atom stereocenters. The average Bonchev–Trinajstić information content (AvgIpc) is 2.92. The molecule has 1 N–H and O–H groups in total. The summed E-state index contributed by atoms with van der Waals surface area (Å²) in [5.74, 6) is 0. The second-order valence-corrected chi connectivity index (χ2v) is 6.94. The fraction of sp³-hybridized carbons (Fsp3) is 0.526. The van der Waals surface area contributed by atoms with Gasteiger partial charge in [-0.2, -0.15) is 5.10 Å². The Balaban J connectivity index is 1.60. The van der Waals surface area contributed by atoms with Crippen LogP contribution in [0.4, 0.5) is 0 Å². The first kappa shape index (κ1) is 16.2. The number of benzene rings is 1. The number of nitrogens with zero attached hydrogens (tertiary/aromatic N) is 3. The lowest BCUT2D eigenvalue weighted by Gasteiger charge is -2.36. The van der Waals surface area contributed by atoms with E-state index in [-0.39, 0.29) is 0 Å². The van der Waals surface area contributed by atoms with Crippen molar-refractivity contribution >= 4 is 0 Å². The van der Waals surface area contributed by atoms with Gasteiger partial charge < -0.3 is 10.2 Å². The molecule has 4 heteroatoms. The maximum Gasteiger partial charge on any atom is 0.0645 e. The third-order valence-corrected chi connectivity index (χ3v) is 4.60. The van der Waals surface area contributed by atoms with Crippen molar-refractivity contribution in [1.82, 2.24) is 20.0 Å². The van der Waals surface area contributed by atoms with E-state index in [1.165, 1.54) is 30.6 Å². The molecule has 1 saturated heterocycles. The second kappa shape index (κ2) is 7.28. The van der Waals surface area contributed by atoms with Crippen LogP contribution >= 0.6 is 0 Å². The van der Waals surface area contributed by atoms with Crippen LogP contribution in [0.1, 0.15) is 38.3 Å². The van der Waals surface area contributed by atoms with E-state index in [1.54, 1.807) is 0 Å². The molecular weight excluding hydrogens is 284 g/mol. The highest BCUT2D eigenvalue weighted by atomic mass is 15.3. The van der Waals surface area contributed by atoms with Gasteiger partial charge in [0.2, 0.25) is 0 Å². The Kier molecular flexibility index (Phi) is 5.13. The highest BCUT2D eigenvalue weighted by molar-refractivity contribution is 5.34. The molecule has 0 spiro atoms. The number of hydrogen-bond donors (Lipinski definition) is 1. The molecule has 0 radical (unpaired) electrons. The molecule has 0 aliphatic carbocycles. The van der Waals surface area contributed by atoms with Crippen LogP contribution in [-0.2, 0) is 13.0 Å². The van der Waals surface area contributed by atoms with E-state index in [0.29, 0.717) is 12.1 Å². The van der Waals surface area contributed by atoms with E-state index < -0.39 is 0 Å². The van der Waals surface area contributed by atoms with Gasteiger partial charge in [-0.25, -0.2) is 4.68 Å². The second-order valence-electron chi connectivity index (χ2n) is 6.94. The molecule has 1 aliphatic rings. The Morgan fingerprint density at radius 1 is 1.09 bits per heavy atom. The van der Waals surface area contributed by atoms with E-state index >= 15 is 0 Å². The molecule has 1 fully saturated rings. The van der Waals surface area contributed by atoms with Gasteiger partial charge in [0.25, 0.3) is 0 Å². The highest BCUT2D eigenvalue weighted by Gasteiger charge is 2.20. The quantitative estimate of drug-likeness (QED) is 0.853. The predicted molar refractivity (Wildman–Crippen MR) is 94.9 cm³/mol. The van der Waals surface area contributed by atoms with Crippen molar-refractivity contribution in [3.05, 3.63) is 47.8 Å². The van der Waals surface area contributed by atoms with Gasteiger partial charge in [-0.3, -0.25) is 0 Å². The van der Waals surface area contributed by atoms with Gasteiger partial charge in [0.05, 0.1) is 11.9 Å². The molecular formula is C19H28N4. The van der Waals surface area contributed by atoms with Crippen LogP contribution in [0.25, 0.3) is 5.69 Å². The smallest absolute Gasteiger partial charge is 0.0645 e. The molecule has 0 bridgehead atoms. The largest absolute Gasteiger partial charge is 0.310 e. The predicted octanol–water partition coefficient (Wildman–Crippen LogP) is 3.01. The number of rotatable bonds is 7. The van der Waals surface area contributed by atoms with Crippen molar-refractivity contribution in [3.8, 4) is 5.69 Å². The van der Waals surface area contributed by atoms with Crippen molar-refractivity contribution in [2.24, 2.45) is 0 Å². The normalized spacial score (nSPS) is 16.5. The van der Waals surface area contributed by atoms with Gasteiger partial charge in [-0.1, -0.05) is 26.0 Å². The number of nitrogens with one attached hydrogen (secondary N) is 1. The topological polar surface area (TPSA) is 33.1 Å². The third kappa shape index (κ3) is 4.21. The Bertz CT molecular complexity index is 611. The maximum absolute atomic E-state index is 4.53. The van der Waals surface area contributed by atoms with Gasteiger partial charge >= 0.3 is 0 Å². The maximum atomic E-state index is 4.53. The minimum Gasteiger partial charge on any atom is -0.310 e. The molecule has 1 aromatic carbocycles. The minimum atomic E-state index is 0.511. The first-order valence-corrected chi connectivity index (χ1v) is 8.72. The van der Waals surface area contributed by atoms with Crippen LogP contribution in [0.3, 0.4) is 0 Å². The van der Waals surface area contributed by atoms with Gasteiger partial charge in [0.15, 0.2) is 0 Å². The Labute approximate surface area is 139 Å². The molecule has 1 aliphatic heterocycles. The van der Waals surface area contributed by atoms with Crippen molar-refractivity contribution in [2.45, 2.75) is 52.2 Å². The van der Waals surface area contributed by atoms with E-state index in [1.807, 2.05) is 10.9 Å². The summed E-state index contributed by atoms with van der Waals surface area (Å²) in [5, 5.41) is 7.97. The van der Waals surface area contributed by atoms with Gasteiger partial charge in [0, 0.05) is 24.8 Å². The van der Waals surface area contributed by atoms with Crippen LogP contribution in [-0.4, -0.2) is 39.9 Å². The summed E-state index contributed by atoms with van der Waals surface area (Å²) in [5.41, 5.74) is 3.75. The molecule has 2 aromatic rings. The molecule has 2 heterocycles. The molecule has 0 amide bonds. The fourth-order valence-corrected chi connectivity index (χ4v) is 2.95. The lowest BCUT2D eigenvalue weighted by atomic mass is 10.1. The van der Waals surface area contributed by atoms with E-state index in [2.05, 4.69) is 66.5 Å². The zero-order valence-corrected chi connectivity index (χ0v) is 14.5. The molecule has 4 nitrogen and oxygen atoms in total. The molecule has 3 rings (SSSR count). The van der Waals surface area contributed by atoms with Crippen LogP contribution < -0.4 is 5.32 Å². The molecule has 1 aromatic heterocycles. The van der Waals surface area contributed by atoms with E-state index in [9.17, 15) is 0 Å². The van der Waals surface area contributed by atoms with Gasteiger partial charge in [-0.05, 0) is 56.1 Å². The van der Waals surface area contributed by atoms with Crippen LogP contribution in [0.2, 0.25) is 0 Å². The van der Waals surface area contributed by atoms with Crippen molar-refractivity contribution < 1.29 is 0 Å². The highest BCUT2D eigenvalue weighted by Crippen LogP contribution is 2.16.